The van der Waals surface area contributed by atoms with Crippen LogP contribution in [0.15, 0.2) is 101 Å². The first-order chi connectivity index (χ1) is 17.2. The average molecular weight is 507 g/mol. The molecular formula is C26H26N4O5S. The zero-order valence-electron chi connectivity index (χ0n) is 19.8. The third-order valence-corrected chi connectivity index (χ3v) is 6.32. The Morgan fingerprint density at radius 3 is 2.61 bits per heavy atom. The lowest BCUT2D eigenvalue weighted by Crippen LogP contribution is -2.22. The molecule has 0 aliphatic heterocycles. The molecule has 0 atom stereocenters. The van der Waals surface area contributed by atoms with Crippen LogP contribution in [0.3, 0.4) is 0 Å². The van der Waals surface area contributed by atoms with E-state index < -0.39 is 15.9 Å². The van der Waals surface area contributed by atoms with Crippen LogP contribution in [0.2, 0.25) is 0 Å². The molecule has 3 N–H and O–H groups in total. The van der Waals surface area contributed by atoms with Crippen LogP contribution < -0.4 is 14.9 Å². The summed E-state index contributed by atoms with van der Waals surface area (Å²) < 4.78 is 32.8. The Morgan fingerprint density at radius 1 is 1.17 bits per heavy atom. The van der Waals surface area contributed by atoms with Crippen molar-refractivity contribution < 1.29 is 23.1 Å². The molecule has 0 aliphatic carbocycles. The fraction of sp³-hybridized carbons (Fsp3) is 0.115. The van der Waals surface area contributed by atoms with Gasteiger partial charge in [0, 0.05) is 28.4 Å². The van der Waals surface area contributed by atoms with Gasteiger partial charge in [-0.3, -0.25) is 14.5 Å². The lowest BCUT2D eigenvalue weighted by atomic mass is 10.1. The maximum atomic E-state index is 12.6. The summed E-state index contributed by atoms with van der Waals surface area (Å²) in [7, 11) is -3.85. The van der Waals surface area contributed by atoms with E-state index in [0.29, 0.717) is 28.8 Å². The highest BCUT2D eigenvalue weighted by molar-refractivity contribution is 7.89. The number of nitrogens with zero attached hydrogens (tertiary/aromatic N) is 2. The molecule has 1 aromatic heterocycles. The van der Waals surface area contributed by atoms with Crippen molar-refractivity contribution >= 4 is 33.0 Å². The van der Waals surface area contributed by atoms with E-state index in [2.05, 4.69) is 26.8 Å². The molecule has 3 rings (SSSR count). The van der Waals surface area contributed by atoms with Gasteiger partial charge in [-0.15, -0.1) is 0 Å². The van der Waals surface area contributed by atoms with Crippen molar-refractivity contribution in [2.75, 3.05) is 6.61 Å². The summed E-state index contributed by atoms with van der Waals surface area (Å²) in [6.45, 7) is 7.67. The minimum atomic E-state index is -3.85. The van der Waals surface area contributed by atoms with Gasteiger partial charge in [-0.1, -0.05) is 18.7 Å². The summed E-state index contributed by atoms with van der Waals surface area (Å²) in [6, 6.07) is 12.7. The van der Waals surface area contributed by atoms with E-state index in [4.69, 9.17) is 4.74 Å². The first-order valence-corrected chi connectivity index (χ1v) is 12.4. The number of pyridine rings is 1. The molecule has 0 radical (unpaired) electrons. The highest BCUT2D eigenvalue weighted by atomic mass is 32.2. The van der Waals surface area contributed by atoms with Gasteiger partial charge in [-0.05, 0) is 68.5 Å². The van der Waals surface area contributed by atoms with Gasteiger partial charge in [-0.2, -0.15) is 5.10 Å². The number of fused-ring (bicyclic) bond motifs is 1. The zero-order chi connectivity index (χ0) is 26.1. The number of aromatic nitrogens is 1. The SMILES string of the molecule is C=C(/C=C\C(=C/C)C(=O)N/N=C/c1ccc(O)c2ncccc12)NS(=O)(=O)c1ccc(OCC)cc1. The monoisotopic (exact) mass is 506 g/mol. The van der Waals surface area contributed by atoms with Gasteiger partial charge < -0.3 is 9.84 Å². The third kappa shape index (κ3) is 6.57. The van der Waals surface area contributed by atoms with E-state index in [1.54, 1.807) is 49.5 Å². The molecule has 9 nitrogen and oxygen atoms in total. The Morgan fingerprint density at radius 2 is 1.92 bits per heavy atom. The van der Waals surface area contributed by atoms with E-state index in [1.165, 1.54) is 36.6 Å². The van der Waals surface area contributed by atoms with Crippen LogP contribution in [0.5, 0.6) is 11.5 Å². The molecule has 0 saturated heterocycles. The van der Waals surface area contributed by atoms with Crippen LogP contribution >= 0.6 is 0 Å². The minimum Gasteiger partial charge on any atom is -0.506 e. The number of amides is 1. The first-order valence-electron chi connectivity index (χ1n) is 10.9. The van der Waals surface area contributed by atoms with Crippen LogP contribution in [0.1, 0.15) is 19.4 Å². The van der Waals surface area contributed by atoms with Gasteiger partial charge in [0.05, 0.1) is 17.7 Å². The number of carbonyl (C=O) groups excluding carboxylic acids is 1. The van der Waals surface area contributed by atoms with Crippen LogP contribution in [-0.4, -0.2) is 37.2 Å². The number of hydrazone groups is 1. The fourth-order valence-corrected chi connectivity index (χ4v) is 4.18. The van der Waals surface area contributed by atoms with Gasteiger partial charge in [0.1, 0.15) is 17.0 Å². The zero-order valence-corrected chi connectivity index (χ0v) is 20.6. The Kier molecular flexibility index (Phi) is 8.58. The van der Waals surface area contributed by atoms with E-state index >= 15 is 0 Å². The molecule has 0 spiro atoms. The normalized spacial score (nSPS) is 12.2. The second-order valence-corrected chi connectivity index (χ2v) is 9.07. The van der Waals surface area contributed by atoms with Gasteiger partial charge >= 0.3 is 0 Å². The van der Waals surface area contributed by atoms with Crippen molar-refractivity contribution in [3.05, 3.63) is 96.4 Å². The molecule has 36 heavy (non-hydrogen) atoms. The molecule has 2 aromatic carbocycles. The van der Waals surface area contributed by atoms with Gasteiger partial charge in [0.25, 0.3) is 15.9 Å². The second-order valence-electron chi connectivity index (χ2n) is 7.39. The Hall–Kier alpha value is -4.44. The van der Waals surface area contributed by atoms with Crippen molar-refractivity contribution in [3.8, 4) is 11.5 Å². The van der Waals surface area contributed by atoms with Crippen LogP contribution in [0.25, 0.3) is 10.9 Å². The van der Waals surface area contributed by atoms with E-state index in [-0.39, 0.29) is 21.9 Å². The largest absolute Gasteiger partial charge is 0.506 e. The van der Waals surface area contributed by atoms with Crippen LogP contribution in [-0.2, 0) is 14.8 Å². The molecule has 10 heteroatoms. The standard InChI is InChI=1S/C26H26N4O5S/c1-4-19(9-8-18(3)30-36(33,34)22-13-11-21(12-14-22)35-5-2)26(32)29-28-17-20-10-15-24(31)25-23(20)7-6-16-27-25/h4,6-17,30-31H,3,5H2,1-2H3,(H,29,32)/b9-8-,19-4+,28-17+. The molecule has 0 unspecified atom stereocenters. The number of phenols is 1. The molecule has 0 bridgehead atoms. The smallest absolute Gasteiger partial charge is 0.271 e. The number of allylic oxidation sites excluding steroid dienone is 2. The van der Waals surface area contributed by atoms with Crippen molar-refractivity contribution in [2.45, 2.75) is 18.7 Å². The predicted octanol–water partition coefficient (Wildman–Crippen LogP) is 3.78. The highest BCUT2D eigenvalue weighted by Crippen LogP contribution is 2.24. The highest BCUT2D eigenvalue weighted by Gasteiger charge is 2.14. The number of benzene rings is 2. The summed E-state index contributed by atoms with van der Waals surface area (Å²) in [5.74, 6) is 0.108. The number of sulfonamides is 1. The van der Waals surface area contributed by atoms with Crippen molar-refractivity contribution in [3.63, 3.8) is 0 Å². The Balaban J connectivity index is 1.62. The average Bonchev–Trinajstić information content (AvgIpc) is 2.86. The summed E-state index contributed by atoms with van der Waals surface area (Å²) in [6.07, 6.45) is 7.37. The van der Waals surface area contributed by atoms with Crippen molar-refractivity contribution in [2.24, 2.45) is 5.10 Å². The van der Waals surface area contributed by atoms with Gasteiger partial charge in [0.2, 0.25) is 0 Å². The predicted molar refractivity (Wildman–Crippen MR) is 139 cm³/mol. The number of aromatic hydroxyl groups is 1. The van der Waals surface area contributed by atoms with Crippen LogP contribution in [0.4, 0.5) is 0 Å². The number of rotatable bonds is 10. The summed E-state index contributed by atoms with van der Waals surface area (Å²) in [5.41, 5.74) is 3.82. The maximum absolute atomic E-state index is 12.6. The third-order valence-electron chi connectivity index (χ3n) is 4.90. The molecule has 0 saturated carbocycles. The lowest BCUT2D eigenvalue weighted by Gasteiger charge is -2.09. The topological polar surface area (TPSA) is 130 Å². The first kappa shape index (κ1) is 26.2. The number of carbonyl (C=O) groups is 1. The molecule has 0 fully saturated rings. The van der Waals surface area contributed by atoms with Crippen molar-refractivity contribution in [1.82, 2.24) is 15.1 Å². The molecule has 1 amide bonds. The number of phenolic OH excluding ortho intramolecular Hbond substituents is 1. The number of nitrogens with one attached hydrogen (secondary N) is 2. The Bertz CT molecular complexity index is 1460. The summed E-state index contributed by atoms with van der Waals surface area (Å²) in [4.78, 5) is 16.7. The molecule has 0 aliphatic rings. The second kappa shape index (κ2) is 11.8. The Labute approximate surface area is 209 Å². The van der Waals surface area contributed by atoms with E-state index in [9.17, 15) is 18.3 Å². The summed E-state index contributed by atoms with van der Waals surface area (Å²) >= 11 is 0. The quantitative estimate of drug-likeness (QED) is 0.166. The van der Waals surface area contributed by atoms with Gasteiger partial charge in [-0.25, -0.2) is 13.8 Å². The molecule has 1 heterocycles. The van der Waals surface area contributed by atoms with E-state index in [0.717, 1.165) is 0 Å². The molecule has 3 aromatic rings. The molecular weight excluding hydrogens is 480 g/mol. The fourth-order valence-electron chi connectivity index (χ4n) is 3.16. The molecule has 186 valence electrons. The van der Waals surface area contributed by atoms with Crippen LogP contribution in [0, 0.1) is 0 Å². The summed E-state index contributed by atoms with van der Waals surface area (Å²) in [5, 5.41) is 14.6. The van der Waals surface area contributed by atoms with E-state index in [1.807, 2.05) is 6.92 Å². The number of hydrogen-bond acceptors (Lipinski definition) is 7. The lowest BCUT2D eigenvalue weighted by molar-refractivity contribution is -0.117. The number of ether oxygens (including phenoxy) is 1. The maximum Gasteiger partial charge on any atom is 0.271 e. The van der Waals surface area contributed by atoms with Gasteiger partial charge in [0.15, 0.2) is 0 Å². The minimum absolute atomic E-state index is 0.0477. The van der Waals surface area contributed by atoms with Crippen molar-refractivity contribution in [1.29, 1.82) is 0 Å². The number of hydrogen-bond donors (Lipinski definition) is 3.